The molecule has 76 valence electrons. The Balaban J connectivity index is 2.40. The summed E-state index contributed by atoms with van der Waals surface area (Å²) in [4.78, 5) is 4.01. The van der Waals surface area contributed by atoms with E-state index < -0.39 is 0 Å². The third kappa shape index (κ3) is 3.58. The fraction of sp³-hybridized carbons (Fsp3) is 0.364. The highest BCUT2D eigenvalue weighted by atomic mass is 14.8. The van der Waals surface area contributed by atoms with Crippen LogP contribution in [0, 0.1) is 0 Å². The van der Waals surface area contributed by atoms with E-state index >= 15 is 0 Å². The predicted octanol–water partition coefficient (Wildman–Crippen LogP) is 1.68. The average molecular weight is 191 g/mol. The molecule has 1 aromatic heterocycles. The number of pyridine rings is 1. The van der Waals surface area contributed by atoms with Crippen molar-refractivity contribution in [3.05, 3.63) is 30.1 Å². The van der Waals surface area contributed by atoms with Gasteiger partial charge < -0.3 is 11.1 Å². The molecule has 1 rings (SSSR count). The molecule has 0 aromatic carbocycles. The molecule has 3 heteroatoms. The number of anilines is 1. The molecule has 0 unspecified atom stereocenters. The van der Waals surface area contributed by atoms with Crippen LogP contribution in [0.3, 0.4) is 0 Å². The summed E-state index contributed by atoms with van der Waals surface area (Å²) in [5.41, 5.74) is 7.52. The zero-order valence-corrected chi connectivity index (χ0v) is 8.53. The number of rotatable bonds is 5. The molecule has 0 radical (unpaired) electrons. The first-order valence-electron chi connectivity index (χ1n) is 4.91. The summed E-state index contributed by atoms with van der Waals surface area (Å²) >= 11 is 0. The number of hydrogen-bond acceptors (Lipinski definition) is 3. The van der Waals surface area contributed by atoms with E-state index in [1.165, 1.54) is 0 Å². The average Bonchev–Trinajstić information content (AvgIpc) is 2.20. The minimum absolute atomic E-state index is 0.778. The zero-order valence-electron chi connectivity index (χ0n) is 8.53. The zero-order chi connectivity index (χ0) is 10.2. The van der Waals surface area contributed by atoms with E-state index in [1.54, 1.807) is 12.4 Å². The van der Waals surface area contributed by atoms with Gasteiger partial charge in [-0.25, -0.2) is 0 Å². The maximum absolute atomic E-state index is 5.75. The van der Waals surface area contributed by atoms with Crippen LogP contribution in [-0.4, -0.2) is 18.1 Å². The minimum Gasteiger partial charge on any atom is -0.398 e. The van der Waals surface area contributed by atoms with Gasteiger partial charge in [0.2, 0.25) is 0 Å². The van der Waals surface area contributed by atoms with Crippen molar-refractivity contribution in [3.63, 3.8) is 0 Å². The molecular weight excluding hydrogens is 174 g/mol. The van der Waals surface area contributed by atoms with E-state index in [-0.39, 0.29) is 0 Å². The van der Waals surface area contributed by atoms with Crippen molar-refractivity contribution in [2.24, 2.45) is 0 Å². The molecule has 14 heavy (non-hydrogen) atoms. The van der Waals surface area contributed by atoms with E-state index in [9.17, 15) is 0 Å². The van der Waals surface area contributed by atoms with Crippen LogP contribution in [0.15, 0.2) is 24.5 Å². The lowest BCUT2D eigenvalue weighted by atomic mass is 10.2. The monoisotopic (exact) mass is 191 g/mol. The SMILES string of the molecule is CCNCCC=Cc1cnccc1N. The van der Waals surface area contributed by atoms with Gasteiger partial charge in [0.25, 0.3) is 0 Å². The Morgan fingerprint density at radius 3 is 3.14 bits per heavy atom. The third-order valence-corrected chi connectivity index (χ3v) is 1.92. The maximum Gasteiger partial charge on any atom is 0.0418 e. The lowest BCUT2D eigenvalue weighted by molar-refractivity contribution is 0.727. The molecule has 0 aliphatic heterocycles. The normalized spacial score (nSPS) is 10.9. The predicted molar refractivity (Wildman–Crippen MR) is 60.8 cm³/mol. The Hall–Kier alpha value is -1.35. The first-order chi connectivity index (χ1) is 6.84. The van der Waals surface area contributed by atoms with Gasteiger partial charge in [0.1, 0.15) is 0 Å². The number of nitrogens with two attached hydrogens (primary N) is 1. The van der Waals surface area contributed by atoms with Gasteiger partial charge in [-0.15, -0.1) is 0 Å². The highest BCUT2D eigenvalue weighted by molar-refractivity contribution is 5.62. The molecule has 3 nitrogen and oxygen atoms in total. The molecule has 1 aromatic rings. The molecule has 0 atom stereocenters. The number of hydrogen-bond donors (Lipinski definition) is 2. The molecule has 0 amide bonds. The summed E-state index contributed by atoms with van der Waals surface area (Å²) in [6.07, 6.45) is 8.61. The summed E-state index contributed by atoms with van der Waals surface area (Å²) in [6, 6.07) is 1.81. The van der Waals surface area contributed by atoms with Gasteiger partial charge in [0.15, 0.2) is 0 Å². The van der Waals surface area contributed by atoms with Crippen LogP contribution >= 0.6 is 0 Å². The highest BCUT2D eigenvalue weighted by Crippen LogP contribution is 2.10. The topological polar surface area (TPSA) is 50.9 Å². The molecule has 0 fully saturated rings. The summed E-state index contributed by atoms with van der Waals surface area (Å²) in [5, 5.41) is 3.25. The van der Waals surface area contributed by atoms with Crippen LogP contribution in [-0.2, 0) is 0 Å². The Bertz CT molecular complexity index is 294. The van der Waals surface area contributed by atoms with Crippen molar-refractivity contribution < 1.29 is 0 Å². The number of nitrogens with zero attached hydrogens (tertiary/aromatic N) is 1. The van der Waals surface area contributed by atoms with Gasteiger partial charge in [-0.05, 0) is 25.6 Å². The second-order valence-electron chi connectivity index (χ2n) is 3.05. The van der Waals surface area contributed by atoms with Gasteiger partial charge in [-0.2, -0.15) is 0 Å². The van der Waals surface area contributed by atoms with Gasteiger partial charge in [-0.1, -0.05) is 19.1 Å². The maximum atomic E-state index is 5.75. The lowest BCUT2D eigenvalue weighted by Gasteiger charge is -1.98. The largest absolute Gasteiger partial charge is 0.398 e. The Morgan fingerprint density at radius 1 is 1.57 bits per heavy atom. The molecule has 0 aliphatic carbocycles. The second-order valence-corrected chi connectivity index (χ2v) is 3.05. The lowest BCUT2D eigenvalue weighted by Crippen LogP contribution is -2.12. The summed E-state index contributed by atoms with van der Waals surface area (Å²) in [5.74, 6) is 0. The summed E-state index contributed by atoms with van der Waals surface area (Å²) in [6.45, 7) is 4.12. The van der Waals surface area contributed by atoms with Gasteiger partial charge in [-0.3, -0.25) is 4.98 Å². The van der Waals surface area contributed by atoms with Crippen molar-refractivity contribution in [2.75, 3.05) is 18.8 Å². The standard InChI is InChI=1S/C11H17N3/c1-2-13-7-4-3-5-10-9-14-8-6-11(10)12/h3,5-6,8-9,13H,2,4,7H2,1H3,(H2,12,14). The fourth-order valence-corrected chi connectivity index (χ4v) is 1.13. The molecule has 3 N–H and O–H groups in total. The van der Waals surface area contributed by atoms with Crippen molar-refractivity contribution >= 4 is 11.8 Å². The van der Waals surface area contributed by atoms with E-state index in [0.29, 0.717) is 0 Å². The van der Waals surface area contributed by atoms with Crippen molar-refractivity contribution in [1.29, 1.82) is 0 Å². The van der Waals surface area contributed by atoms with Gasteiger partial charge in [0, 0.05) is 23.6 Å². The molecule has 0 bridgehead atoms. The van der Waals surface area contributed by atoms with E-state index in [0.717, 1.165) is 30.8 Å². The summed E-state index contributed by atoms with van der Waals surface area (Å²) in [7, 11) is 0. The van der Waals surface area contributed by atoms with E-state index in [4.69, 9.17) is 5.73 Å². The first kappa shape index (κ1) is 10.7. The Labute approximate surface area is 85.0 Å². The van der Waals surface area contributed by atoms with Crippen LogP contribution < -0.4 is 11.1 Å². The van der Waals surface area contributed by atoms with Gasteiger partial charge >= 0.3 is 0 Å². The fourth-order valence-electron chi connectivity index (χ4n) is 1.13. The van der Waals surface area contributed by atoms with Crippen LogP contribution in [0.5, 0.6) is 0 Å². The van der Waals surface area contributed by atoms with E-state index in [2.05, 4.69) is 23.3 Å². The number of nitrogen functional groups attached to an aromatic ring is 1. The van der Waals surface area contributed by atoms with E-state index in [1.807, 2.05) is 12.1 Å². The molecule has 1 heterocycles. The van der Waals surface area contributed by atoms with Crippen LogP contribution in [0.1, 0.15) is 18.9 Å². The first-order valence-corrected chi connectivity index (χ1v) is 4.91. The second kappa shape index (κ2) is 6.16. The Morgan fingerprint density at radius 2 is 2.43 bits per heavy atom. The van der Waals surface area contributed by atoms with Crippen LogP contribution in [0.25, 0.3) is 6.08 Å². The van der Waals surface area contributed by atoms with Crippen molar-refractivity contribution in [2.45, 2.75) is 13.3 Å². The van der Waals surface area contributed by atoms with Crippen molar-refractivity contribution in [1.82, 2.24) is 10.3 Å². The van der Waals surface area contributed by atoms with Crippen LogP contribution in [0.4, 0.5) is 5.69 Å². The smallest absolute Gasteiger partial charge is 0.0418 e. The highest BCUT2D eigenvalue weighted by Gasteiger charge is 1.91. The number of nitrogens with one attached hydrogen (secondary N) is 1. The van der Waals surface area contributed by atoms with Crippen LogP contribution in [0.2, 0.25) is 0 Å². The van der Waals surface area contributed by atoms with Gasteiger partial charge in [0.05, 0.1) is 0 Å². The number of aromatic nitrogens is 1. The Kier molecular flexibility index (Phi) is 4.72. The van der Waals surface area contributed by atoms with Crippen molar-refractivity contribution in [3.8, 4) is 0 Å². The molecule has 0 aliphatic rings. The summed E-state index contributed by atoms with van der Waals surface area (Å²) < 4.78 is 0. The molecule has 0 spiro atoms. The molecule has 0 saturated heterocycles. The molecule has 0 saturated carbocycles. The molecular formula is C11H17N3. The minimum atomic E-state index is 0.778. The quantitative estimate of drug-likeness (QED) is 0.696. The third-order valence-electron chi connectivity index (χ3n) is 1.92.